The van der Waals surface area contributed by atoms with Gasteiger partial charge in [-0.15, -0.1) is 0 Å². The number of fused-ring (bicyclic) bond motifs is 1. The van der Waals surface area contributed by atoms with Gasteiger partial charge in [-0.2, -0.15) is 0 Å². The van der Waals surface area contributed by atoms with Crippen molar-refractivity contribution >= 4 is 0 Å². The molecule has 0 aromatic carbocycles. The molecule has 0 radical (unpaired) electrons. The van der Waals surface area contributed by atoms with Crippen LogP contribution in [0.4, 0.5) is 0 Å². The second-order valence-electron chi connectivity index (χ2n) is 7.57. The molecule has 16 heavy (non-hydrogen) atoms. The Bertz CT molecular complexity index is 321. The molecule has 4 rings (SSSR count). The molecule has 5 unspecified atom stereocenters. The van der Waals surface area contributed by atoms with Gasteiger partial charge in [0.05, 0.1) is 5.60 Å². The molecule has 4 fully saturated rings. The third-order valence-corrected chi connectivity index (χ3v) is 7.21. The molecule has 4 bridgehead atoms. The summed E-state index contributed by atoms with van der Waals surface area (Å²) in [6.07, 6.45) is 6.14. The summed E-state index contributed by atoms with van der Waals surface area (Å²) < 4.78 is 0. The highest BCUT2D eigenvalue weighted by atomic mass is 16.3. The minimum absolute atomic E-state index is 0.165. The Morgan fingerprint density at radius 1 is 1.06 bits per heavy atom. The lowest BCUT2D eigenvalue weighted by atomic mass is 9.35. The van der Waals surface area contributed by atoms with E-state index in [2.05, 4.69) is 27.7 Å². The van der Waals surface area contributed by atoms with E-state index in [4.69, 9.17) is 0 Å². The first-order chi connectivity index (χ1) is 7.33. The Morgan fingerprint density at radius 2 is 1.75 bits per heavy atom. The monoisotopic (exact) mass is 222 g/mol. The maximum Gasteiger partial charge on any atom is 0.0737 e. The fourth-order valence-electron chi connectivity index (χ4n) is 5.51. The van der Waals surface area contributed by atoms with Crippen molar-refractivity contribution in [3.05, 3.63) is 0 Å². The van der Waals surface area contributed by atoms with Crippen molar-refractivity contribution in [3.8, 4) is 0 Å². The molecule has 1 nitrogen and oxygen atoms in total. The molecule has 1 N–H and O–H groups in total. The predicted molar refractivity (Wildman–Crippen MR) is 66.1 cm³/mol. The van der Waals surface area contributed by atoms with Gasteiger partial charge < -0.3 is 5.11 Å². The van der Waals surface area contributed by atoms with E-state index in [-0.39, 0.29) is 11.0 Å². The molecule has 5 atom stereocenters. The predicted octanol–water partition coefficient (Wildman–Crippen LogP) is 3.61. The van der Waals surface area contributed by atoms with Gasteiger partial charge in [-0.25, -0.2) is 0 Å². The second kappa shape index (κ2) is 2.85. The van der Waals surface area contributed by atoms with Crippen LogP contribution in [0, 0.1) is 28.6 Å². The number of rotatable bonds is 0. The van der Waals surface area contributed by atoms with Crippen LogP contribution in [0.3, 0.4) is 0 Å². The fourth-order valence-corrected chi connectivity index (χ4v) is 5.51. The third kappa shape index (κ3) is 0.939. The molecule has 0 aromatic heterocycles. The van der Waals surface area contributed by atoms with Crippen molar-refractivity contribution in [3.63, 3.8) is 0 Å². The van der Waals surface area contributed by atoms with Crippen LogP contribution < -0.4 is 0 Å². The lowest BCUT2D eigenvalue weighted by molar-refractivity contribution is -0.288. The fraction of sp³-hybridized carbons (Fsp3) is 1.00. The molecule has 0 aliphatic heterocycles. The summed E-state index contributed by atoms with van der Waals surface area (Å²) >= 11 is 0. The van der Waals surface area contributed by atoms with Crippen LogP contribution in [0.25, 0.3) is 0 Å². The van der Waals surface area contributed by atoms with E-state index in [0.29, 0.717) is 11.3 Å². The summed E-state index contributed by atoms with van der Waals surface area (Å²) in [7, 11) is 0. The molecule has 4 aliphatic carbocycles. The average molecular weight is 222 g/mol. The molecule has 1 heteroatoms. The Kier molecular flexibility index (Phi) is 1.98. The van der Waals surface area contributed by atoms with Crippen molar-refractivity contribution in [1.29, 1.82) is 0 Å². The SMILES string of the molecule is CC1CCC2(C)C(C)(C)C3CCC2(O)C1C3. The first-order valence-corrected chi connectivity index (χ1v) is 7.05. The highest BCUT2D eigenvalue weighted by Gasteiger charge is 2.69. The third-order valence-electron chi connectivity index (χ3n) is 7.21. The minimum atomic E-state index is -0.358. The second-order valence-corrected chi connectivity index (χ2v) is 7.57. The van der Waals surface area contributed by atoms with Crippen molar-refractivity contribution in [2.24, 2.45) is 28.6 Å². The summed E-state index contributed by atoms with van der Waals surface area (Å²) in [6.45, 7) is 9.55. The van der Waals surface area contributed by atoms with Crippen LogP contribution in [-0.2, 0) is 0 Å². The van der Waals surface area contributed by atoms with E-state index in [1.54, 1.807) is 0 Å². The lowest BCUT2D eigenvalue weighted by Crippen LogP contribution is -2.71. The van der Waals surface area contributed by atoms with Crippen LogP contribution in [-0.4, -0.2) is 10.7 Å². The molecule has 0 amide bonds. The van der Waals surface area contributed by atoms with Gasteiger partial charge in [0.1, 0.15) is 0 Å². The topological polar surface area (TPSA) is 20.2 Å². The molecule has 0 saturated heterocycles. The maximum absolute atomic E-state index is 11.3. The molecule has 4 aliphatic rings. The van der Waals surface area contributed by atoms with Gasteiger partial charge in [0.25, 0.3) is 0 Å². The van der Waals surface area contributed by atoms with Gasteiger partial charge >= 0.3 is 0 Å². The largest absolute Gasteiger partial charge is 0.389 e. The summed E-state index contributed by atoms with van der Waals surface area (Å²) in [4.78, 5) is 0. The van der Waals surface area contributed by atoms with Gasteiger partial charge in [-0.1, -0.05) is 27.7 Å². The van der Waals surface area contributed by atoms with Crippen molar-refractivity contribution in [1.82, 2.24) is 0 Å². The van der Waals surface area contributed by atoms with E-state index in [1.807, 2.05) is 0 Å². The van der Waals surface area contributed by atoms with E-state index >= 15 is 0 Å². The highest BCUT2D eigenvalue weighted by Crippen LogP contribution is 2.71. The van der Waals surface area contributed by atoms with E-state index in [9.17, 15) is 5.11 Å². The molecular weight excluding hydrogens is 196 g/mol. The van der Waals surface area contributed by atoms with Gasteiger partial charge in [0.2, 0.25) is 0 Å². The molecule has 92 valence electrons. The first kappa shape index (κ1) is 11.1. The molecular formula is C15H26O. The van der Waals surface area contributed by atoms with E-state index in [1.165, 1.54) is 25.7 Å². The zero-order valence-corrected chi connectivity index (χ0v) is 11.2. The van der Waals surface area contributed by atoms with E-state index < -0.39 is 0 Å². The van der Waals surface area contributed by atoms with Crippen LogP contribution >= 0.6 is 0 Å². The van der Waals surface area contributed by atoms with Crippen LogP contribution in [0.5, 0.6) is 0 Å². The average Bonchev–Trinajstić information content (AvgIpc) is 2.22. The highest BCUT2D eigenvalue weighted by molar-refractivity contribution is 5.19. The quantitative estimate of drug-likeness (QED) is 0.664. The standard InChI is InChI=1S/C15H26O/c1-10-5-7-14(4)13(2,3)11-6-8-15(14,16)12(10)9-11/h10-12,16H,5-9H2,1-4H3. The van der Waals surface area contributed by atoms with Crippen molar-refractivity contribution in [2.45, 2.75) is 65.4 Å². The number of hydrogen-bond donors (Lipinski definition) is 1. The normalized spacial score (nSPS) is 58.7. The summed E-state index contributed by atoms with van der Waals surface area (Å²) in [5.41, 5.74) is 0.137. The van der Waals surface area contributed by atoms with Crippen LogP contribution in [0.2, 0.25) is 0 Å². The smallest absolute Gasteiger partial charge is 0.0737 e. The zero-order valence-electron chi connectivity index (χ0n) is 11.2. The van der Waals surface area contributed by atoms with Crippen LogP contribution in [0.15, 0.2) is 0 Å². The minimum Gasteiger partial charge on any atom is -0.389 e. The van der Waals surface area contributed by atoms with Crippen molar-refractivity contribution in [2.75, 3.05) is 0 Å². The van der Waals surface area contributed by atoms with Gasteiger partial charge in [0.15, 0.2) is 0 Å². The first-order valence-electron chi connectivity index (χ1n) is 7.05. The lowest BCUT2D eigenvalue weighted by Gasteiger charge is -2.71. The maximum atomic E-state index is 11.3. The Balaban J connectivity index is 2.13. The molecule has 0 heterocycles. The zero-order chi connectivity index (χ0) is 11.8. The molecule has 4 saturated carbocycles. The van der Waals surface area contributed by atoms with E-state index in [0.717, 1.165) is 18.3 Å². The van der Waals surface area contributed by atoms with Gasteiger partial charge in [-0.3, -0.25) is 0 Å². The van der Waals surface area contributed by atoms with Gasteiger partial charge in [-0.05, 0) is 55.3 Å². The summed E-state index contributed by atoms with van der Waals surface area (Å²) in [5.74, 6) is 2.16. The summed E-state index contributed by atoms with van der Waals surface area (Å²) in [5, 5.41) is 11.3. The van der Waals surface area contributed by atoms with Crippen LogP contribution in [0.1, 0.15) is 59.8 Å². The Labute approximate surface area is 99.6 Å². The molecule has 0 spiro atoms. The number of aliphatic hydroxyl groups is 1. The van der Waals surface area contributed by atoms with Gasteiger partial charge in [0, 0.05) is 5.41 Å². The van der Waals surface area contributed by atoms with Crippen molar-refractivity contribution < 1.29 is 5.11 Å². The molecule has 0 aromatic rings. The Morgan fingerprint density at radius 3 is 2.44 bits per heavy atom. The number of hydrogen-bond acceptors (Lipinski definition) is 1. The summed E-state index contributed by atoms with van der Waals surface area (Å²) in [6, 6.07) is 0. The Hall–Kier alpha value is -0.0400.